The van der Waals surface area contributed by atoms with Gasteiger partial charge < -0.3 is 9.97 Å². The Kier molecular flexibility index (Phi) is 2.68. The minimum atomic E-state index is 0.0717. The zero-order valence-corrected chi connectivity index (χ0v) is 10.1. The summed E-state index contributed by atoms with van der Waals surface area (Å²) in [6, 6.07) is 8.12. The molecule has 0 saturated carbocycles. The van der Waals surface area contributed by atoms with Crippen LogP contribution in [0.1, 0.15) is 28.7 Å². The zero-order valence-electron chi connectivity index (χ0n) is 10.1. The molecular formula is C14H14N4. The van der Waals surface area contributed by atoms with Gasteiger partial charge in [-0.3, -0.25) is 9.97 Å². The van der Waals surface area contributed by atoms with E-state index < -0.39 is 0 Å². The van der Waals surface area contributed by atoms with Crippen LogP contribution in [0.15, 0.2) is 49.1 Å². The Labute approximate surface area is 105 Å². The molecule has 90 valence electrons. The van der Waals surface area contributed by atoms with Gasteiger partial charge in [-0.1, -0.05) is 0 Å². The molecular weight excluding hydrogens is 224 g/mol. The minimum Gasteiger partial charge on any atom is -0.364 e. The molecule has 3 heterocycles. The van der Waals surface area contributed by atoms with Crippen molar-refractivity contribution in [1.29, 1.82) is 0 Å². The molecule has 0 fully saturated rings. The maximum atomic E-state index is 4.58. The molecule has 3 rings (SSSR count). The molecule has 4 heteroatoms. The van der Waals surface area contributed by atoms with Crippen LogP contribution in [0.3, 0.4) is 0 Å². The maximum Gasteiger partial charge on any atom is 0.0829 e. The van der Waals surface area contributed by atoms with Crippen molar-refractivity contribution in [2.75, 3.05) is 0 Å². The second-order valence-electron chi connectivity index (χ2n) is 4.27. The minimum absolute atomic E-state index is 0.0717. The highest BCUT2D eigenvalue weighted by Crippen LogP contribution is 2.27. The summed E-state index contributed by atoms with van der Waals surface area (Å²) in [6.45, 7) is 1.96. The van der Waals surface area contributed by atoms with E-state index in [0.717, 1.165) is 22.8 Å². The van der Waals surface area contributed by atoms with Crippen LogP contribution in [0, 0.1) is 6.92 Å². The van der Waals surface area contributed by atoms with E-state index in [-0.39, 0.29) is 5.92 Å². The molecule has 0 unspecified atom stereocenters. The summed E-state index contributed by atoms with van der Waals surface area (Å²) in [4.78, 5) is 15.3. The van der Waals surface area contributed by atoms with Gasteiger partial charge in [0.25, 0.3) is 0 Å². The lowest BCUT2D eigenvalue weighted by Crippen LogP contribution is -2.07. The van der Waals surface area contributed by atoms with E-state index in [9.17, 15) is 0 Å². The monoisotopic (exact) mass is 238 g/mol. The first-order valence-corrected chi connectivity index (χ1v) is 5.90. The van der Waals surface area contributed by atoms with Crippen LogP contribution in [0.4, 0.5) is 0 Å². The van der Waals surface area contributed by atoms with Crippen LogP contribution >= 0.6 is 0 Å². The third kappa shape index (κ3) is 1.93. The van der Waals surface area contributed by atoms with Gasteiger partial charge in [0.1, 0.15) is 0 Å². The highest BCUT2D eigenvalue weighted by Gasteiger charge is 2.20. The van der Waals surface area contributed by atoms with Crippen molar-refractivity contribution in [3.05, 3.63) is 71.8 Å². The molecule has 0 amide bonds. The summed E-state index contributed by atoms with van der Waals surface area (Å²) < 4.78 is 0. The Hall–Kier alpha value is -2.36. The molecule has 0 aliphatic heterocycles. The van der Waals surface area contributed by atoms with Crippen LogP contribution in [0.25, 0.3) is 0 Å². The molecule has 0 aliphatic carbocycles. The average molecular weight is 238 g/mol. The summed E-state index contributed by atoms with van der Waals surface area (Å²) in [5.41, 5.74) is 4.09. The lowest BCUT2D eigenvalue weighted by molar-refractivity contribution is 0.836. The largest absolute Gasteiger partial charge is 0.364 e. The number of hydrogen-bond acceptors (Lipinski definition) is 2. The SMILES string of the molecule is Cc1cncc(C(c2ccc[nH]2)c2ccc[nH]2)n1. The highest BCUT2D eigenvalue weighted by molar-refractivity contribution is 5.33. The molecule has 0 saturated heterocycles. The Bertz CT molecular complexity index is 577. The van der Waals surface area contributed by atoms with Crippen LogP contribution in [-0.2, 0) is 0 Å². The number of aromatic amines is 2. The predicted octanol–water partition coefficient (Wildman–Crippen LogP) is 2.62. The van der Waals surface area contributed by atoms with E-state index in [4.69, 9.17) is 0 Å². The summed E-state index contributed by atoms with van der Waals surface area (Å²) in [5, 5.41) is 0. The Morgan fingerprint density at radius 2 is 1.67 bits per heavy atom. The third-order valence-corrected chi connectivity index (χ3v) is 2.94. The average Bonchev–Trinajstić information content (AvgIpc) is 3.02. The molecule has 2 N–H and O–H groups in total. The number of rotatable bonds is 3. The number of aryl methyl sites for hydroxylation is 1. The highest BCUT2D eigenvalue weighted by atomic mass is 14.8. The fourth-order valence-corrected chi connectivity index (χ4v) is 2.16. The van der Waals surface area contributed by atoms with Crippen LogP contribution < -0.4 is 0 Å². The molecule has 0 bridgehead atoms. The topological polar surface area (TPSA) is 57.4 Å². The molecule has 0 radical (unpaired) electrons. The first kappa shape index (κ1) is 10.8. The quantitative estimate of drug-likeness (QED) is 0.737. The van der Waals surface area contributed by atoms with E-state index in [1.807, 2.05) is 37.6 Å². The van der Waals surface area contributed by atoms with E-state index in [0.29, 0.717) is 0 Å². The zero-order chi connectivity index (χ0) is 12.4. The summed E-state index contributed by atoms with van der Waals surface area (Å²) >= 11 is 0. The number of H-pyrrole nitrogens is 2. The van der Waals surface area contributed by atoms with Gasteiger partial charge in [-0.05, 0) is 31.2 Å². The third-order valence-electron chi connectivity index (χ3n) is 2.94. The second-order valence-corrected chi connectivity index (χ2v) is 4.27. The fourth-order valence-electron chi connectivity index (χ4n) is 2.16. The van der Waals surface area contributed by atoms with Crippen molar-refractivity contribution in [3.63, 3.8) is 0 Å². The Morgan fingerprint density at radius 1 is 1.00 bits per heavy atom. The lowest BCUT2D eigenvalue weighted by Gasteiger charge is -2.14. The van der Waals surface area contributed by atoms with Gasteiger partial charge in [-0.15, -0.1) is 0 Å². The number of aromatic nitrogens is 4. The molecule has 3 aromatic heterocycles. The Morgan fingerprint density at radius 3 is 2.17 bits per heavy atom. The molecule has 0 spiro atoms. The van der Waals surface area contributed by atoms with Crippen molar-refractivity contribution in [2.24, 2.45) is 0 Å². The maximum absolute atomic E-state index is 4.58. The van der Waals surface area contributed by atoms with Gasteiger partial charge in [0.2, 0.25) is 0 Å². The molecule has 0 atom stereocenters. The van der Waals surface area contributed by atoms with Crippen molar-refractivity contribution in [3.8, 4) is 0 Å². The van der Waals surface area contributed by atoms with Crippen molar-refractivity contribution < 1.29 is 0 Å². The summed E-state index contributed by atoms with van der Waals surface area (Å²) in [7, 11) is 0. The Balaban J connectivity index is 2.11. The van der Waals surface area contributed by atoms with Gasteiger partial charge in [0.05, 0.1) is 17.3 Å². The standard InChI is InChI=1S/C14H14N4/c1-10-8-15-9-13(18-10)14(11-4-2-6-16-11)12-5-3-7-17-12/h2-9,14,16-17H,1H3. The number of nitrogens with one attached hydrogen (secondary N) is 2. The van der Waals surface area contributed by atoms with Crippen LogP contribution in [0.2, 0.25) is 0 Å². The van der Waals surface area contributed by atoms with Gasteiger partial charge in [0.15, 0.2) is 0 Å². The van der Waals surface area contributed by atoms with Crippen LogP contribution in [0.5, 0.6) is 0 Å². The molecule has 3 aromatic rings. The number of nitrogens with zero attached hydrogens (tertiary/aromatic N) is 2. The number of hydrogen-bond donors (Lipinski definition) is 2. The summed E-state index contributed by atoms with van der Waals surface area (Å²) in [5.74, 6) is 0.0717. The van der Waals surface area contributed by atoms with Gasteiger partial charge in [-0.25, -0.2) is 0 Å². The lowest BCUT2D eigenvalue weighted by atomic mass is 9.98. The van der Waals surface area contributed by atoms with Crippen molar-refractivity contribution in [1.82, 2.24) is 19.9 Å². The summed E-state index contributed by atoms with van der Waals surface area (Å²) in [6.07, 6.45) is 7.44. The molecule has 0 aromatic carbocycles. The van der Waals surface area contributed by atoms with Crippen molar-refractivity contribution in [2.45, 2.75) is 12.8 Å². The van der Waals surface area contributed by atoms with Gasteiger partial charge >= 0.3 is 0 Å². The molecule has 0 aliphatic rings. The normalized spacial score (nSPS) is 11.0. The van der Waals surface area contributed by atoms with E-state index in [1.165, 1.54) is 0 Å². The van der Waals surface area contributed by atoms with E-state index >= 15 is 0 Å². The van der Waals surface area contributed by atoms with Crippen molar-refractivity contribution >= 4 is 0 Å². The fraction of sp³-hybridized carbons (Fsp3) is 0.143. The second kappa shape index (κ2) is 4.49. The smallest absolute Gasteiger partial charge is 0.0829 e. The first-order valence-electron chi connectivity index (χ1n) is 5.90. The van der Waals surface area contributed by atoms with Gasteiger partial charge in [0, 0.05) is 36.2 Å². The van der Waals surface area contributed by atoms with Crippen LogP contribution in [-0.4, -0.2) is 19.9 Å². The van der Waals surface area contributed by atoms with E-state index in [2.05, 4.69) is 32.1 Å². The van der Waals surface area contributed by atoms with E-state index in [1.54, 1.807) is 6.20 Å². The molecule has 18 heavy (non-hydrogen) atoms. The predicted molar refractivity (Wildman–Crippen MR) is 69.3 cm³/mol. The first-order chi connectivity index (χ1) is 8.84. The molecule has 4 nitrogen and oxygen atoms in total. The van der Waals surface area contributed by atoms with Gasteiger partial charge in [-0.2, -0.15) is 0 Å².